The van der Waals surface area contributed by atoms with Gasteiger partial charge in [-0.1, -0.05) is 48.5 Å². The minimum absolute atomic E-state index is 0.121. The van der Waals surface area contributed by atoms with Crippen molar-refractivity contribution in [2.75, 3.05) is 5.32 Å². The Morgan fingerprint density at radius 2 is 1.62 bits per heavy atom. The highest BCUT2D eigenvalue weighted by molar-refractivity contribution is 6.05. The topological polar surface area (TPSA) is 81.5 Å². The quantitative estimate of drug-likeness (QED) is 0.528. The summed E-state index contributed by atoms with van der Waals surface area (Å²) in [4.78, 5) is 23.0. The van der Waals surface area contributed by atoms with Crippen LogP contribution < -0.4 is 10.1 Å². The van der Waals surface area contributed by atoms with E-state index < -0.39 is 10.8 Å². The summed E-state index contributed by atoms with van der Waals surface area (Å²) in [6.45, 7) is 0.299. The molecule has 1 N–H and O–H groups in total. The maximum absolute atomic E-state index is 12.2. The summed E-state index contributed by atoms with van der Waals surface area (Å²) in [7, 11) is 0. The average Bonchev–Trinajstić information content (AvgIpc) is 2.68. The highest BCUT2D eigenvalue weighted by Crippen LogP contribution is 2.30. The Balaban J connectivity index is 1.76. The number of ether oxygens (including phenoxy) is 1. The third kappa shape index (κ3) is 4.24. The fraction of sp³-hybridized carbons (Fsp3) is 0.0500. The van der Waals surface area contributed by atoms with E-state index in [0.717, 1.165) is 5.56 Å². The molecule has 0 saturated carbocycles. The fourth-order valence-corrected chi connectivity index (χ4v) is 2.38. The second kappa shape index (κ2) is 7.94. The Morgan fingerprint density at radius 3 is 2.27 bits per heavy atom. The number of hydrogen-bond donors (Lipinski definition) is 1. The molecule has 6 nitrogen and oxygen atoms in total. The lowest BCUT2D eigenvalue weighted by Crippen LogP contribution is -2.13. The van der Waals surface area contributed by atoms with Gasteiger partial charge in [0.05, 0.1) is 11.0 Å². The maximum Gasteiger partial charge on any atom is 0.296 e. The highest BCUT2D eigenvalue weighted by atomic mass is 16.6. The van der Waals surface area contributed by atoms with Crippen LogP contribution in [-0.4, -0.2) is 10.8 Å². The van der Waals surface area contributed by atoms with Crippen LogP contribution in [0.15, 0.2) is 78.9 Å². The third-order valence-electron chi connectivity index (χ3n) is 3.70. The summed E-state index contributed by atoms with van der Waals surface area (Å²) in [6.07, 6.45) is 0. The van der Waals surface area contributed by atoms with Gasteiger partial charge in [0.25, 0.3) is 11.6 Å². The molecule has 0 atom stereocenters. The van der Waals surface area contributed by atoms with Gasteiger partial charge in [-0.15, -0.1) is 0 Å². The number of anilines is 1. The normalized spacial score (nSPS) is 10.2. The first-order valence-corrected chi connectivity index (χ1v) is 7.95. The molecule has 0 bridgehead atoms. The molecule has 0 aliphatic carbocycles. The zero-order valence-corrected chi connectivity index (χ0v) is 13.8. The number of nitrogens with one attached hydrogen (secondary N) is 1. The predicted molar refractivity (Wildman–Crippen MR) is 98.3 cm³/mol. The van der Waals surface area contributed by atoms with E-state index in [2.05, 4.69) is 5.32 Å². The summed E-state index contributed by atoms with van der Waals surface area (Å²) in [5.74, 6) is -0.0510. The smallest absolute Gasteiger partial charge is 0.296 e. The Labute approximate surface area is 150 Å². The van der Waals surface area contributed by atoms with E-state index in [1.165, 1.54) is 12.1 Å². The van der Waals surface area contributed by atoms with Crippen LogP contribution in [0, 0.1) is 10.1 Å². The number of carbonyl (C=O) groups excluding carboxylic acids is 1. The lowest BCUT2D eigenvalue weighted by molar-refractivity contribution is -0.384. The van der Waals surface area contributed by atoms with Crippen molar-refractivity contribution in [3.05, 3.63) is 100 Å². The molecule has 3 aromatic rings. The Hall–Kier alpha value is -3.67. The first-order valence-electron chi connectivity index (χ1n) is 7.95. The van der Waals surface area contributed by atoms with Crippen molar-refractivity contribution in [1.29, 1.82) is 0 Å². The van der Waals surface area contributed by atoms with Crippen LogP contribution in [0.4, 0.5) is 11.4 Å². The van der Waals surface area contributed by atoms with E-state index in [1.807, 2.05) is 30.3 Å². The highest BCUT2D eigenvalue weighted by Gasteiger charge is 2.18. The molecule has 1 amide bonds. The molecule has 130 valence electrons. The average molecular weight is 348 g/mol. The fourth-order valence-electron chi connectivity index (χ4n) is 2.38. The SMILES string of the molecule is O=C(Nc1ccc(OCc2ccccc2)cc1[N+](=O)[O-])c1ccccc1. The molecule has 0 radical (unpaired) electrons. The third-order valence-corrected chi connectivity index (χ3v) is 3.70. The van der Waals surface area contributed by atoms with Gasteiger partial charge in [0.2, 0.25) is 0 Å². The molecule has 26 heavy (non-hydrogen) atoms. The molecule has 0 saturated heterocycles. The summed E-state index contributed by atoms with van der Waals surface area (Å²) in [5.41, 5.74) is 1.28. The maximum atomic E-state index is 12.2. The molecule has 0 spiro atoms. The number of nitrogens with zero attached hydrogens (tertiary/aromatic N) is 1. The largest absolute Gasteiger partial charge is 0.489 e. The zero-order chi connectivity index (χ0) is 18.4. The van der Waals surface area contributed by atoms with Crippen molar-refractivity contribution in [3.8, 4) is 5.75 Å². The van der Waals surface area contributed by atoms with Gasteiger partial charge >= 0.3 is 0 Å². The van der Waals surface area contributed by atoms with E-state index in [0.29, 0.717) is 17.9 Å². The number of hydrogen-bond acceptors (Lipinski definition) is 4. The number of rotatable bonds is 6. The van der Waals surface area contributed by atoms with Gasteiger partial charge in [-0.25, -0.2) is 0 Å². The first-order chi connectivity index (χ1) is 12.6. The van der Waals surface area contributed by atoms with Crippen molar-refractivity contribution >= 4 is 17.3 Å². The summed E-state index contributed by atoms with van der Waals surface area (Å²) in [5, 5.41) is 13.9. The zero-order valence-electron chi connectivity index (χ0n) is 13.8. The van der Waals surface area contributed by atoms with Gasteiger partial charge in [-0.2, -0.15) is 0 Å². The summed E-state index contributed by atoms with van der Waals surface area (Å²) in [6, 6.07) is 22.4. The number of nitro groups is 1. The number of carbonyl (C=O) groups is 1. The molecule has 0 heterocycles. The van der Waals surface area contributed by atoms with Gasteiger partial charge in [0.1, 0.15) is 18.0 Å². The Kier molecular flexibility index (Phi) is 5.24. The van der Waals surface area contributed by atoms with E-state index in [4.69, 9.17) is 4.74 Å². The van der Waals surface area contributed by atoms with Gasteiger partial charge in [0, 0.05) is 5.56 Å². The monoisotopic (exact) mass is 348 g/mol. The second-order valence-electron chi connectivity index (χ2n) is 5.53. The predicted octanol–water partition coefficient (Wildman–Crippen LogP) is 4.43. The van der Waals surface area contributed by atoms with E-state index >= 15 is 0 Å². The molecular formula is C20H16N2O4. The molecule has 0 unspecified atom stereocenters. The van der Waals surface area contributed by atoms with Crippen molar-refractivity contribution in [2.24, 2.45) is 0 Å². The number of benzene rings is 3. The summed E-state index contributed by atoms with van der Waals surface area (Å²) < 4.78 is 5.61. The van der Waals surface area contributed by atoms with E-state index in [9.17, 15) is 14.9 Å². The second-order valence-corrected chi connectivity index (χ2v) is 5.53. The van der Waals surface area contributed by atoms with E-state index in [1.54, 1.807) is 36.4 Å². The number of nitro benzene ring substituents is 1. The lowest BCUT2D eigenvalue weighted by atomic mass is 10.2. The number of amides is 1. The minimum atomic E-state index is -0.546. The van der Waals surface area contributed by atoms with Gasteiger partial charge in [-0.05, 0) is 29.8 Å². The Morgan fingerprint density at radius 1 is 0.962 bits per heavy atom. The molecule has 3 aromatic carbocycles. The van der Waals surface area contributed by atoms with E-state index in [-0.39, 0.29) is 11.4 Å². The van der Waals surface area contributed by atoms with Crippen LogP contribution in [0.5, 0.6) is 5.75 Å². The van der Waals surface area contributed by atoms with Gasteiger partial charge in [-0.3, -0.25) is 14.9 Å². The standard InChI is InChI=1S/C20H16N2O4/c23-20(16-9-5-2-6-10-16)21-18-12-11-17(13-19(18)22(24)25)26-14-15-7-3-1-4-8-15/h1-13H,14H2,(H,21,23). The molecule has 0 aromatic heterocycles. The van der Waals surface area contributed by atoms with Crippen LogP contribution in [-0.2, 0) is 6.61 Å². The summed E-state index contributed by atoms with van der Waals surface area (Å²) >= 11 is 0. The van der Waals surface area contributed by atoms with Crippen LogP contribution in [0.3, 0.4) is 0 Å². The van der Waals surface area contributed by atoms with Gasteiger partial charge < -0.3 is 10.1 Å². The lowest BCUT2D eigenvalue weighted by Gasteiger charge is -2.09. The van der Waals surface area contributed by atoms with Crippen LogP contribution in [0.2, 0.25) is 0 Å². The van der Waals surface area contributed by atoms with Crippen LogP contribution >= 0.6 is 0 Å². The molecule has 0 aliphatic heterocycles. The molecule has 0 fully saturated rings. The minimum Gasteiger partial charge on any atom is -0.489 e. The van der Waals surface area contributed by atoms with Crippen molar-refractivity contribution in [1.82, 2.24) is 0 Å². The van der Waals surface area contributed by atoms with Crippen LogP contribution in [0.25, 0.3) is 0 Å². The molecule has 6 heteroatoms. The molecular weight excluding hydrogens is 332 g/mol. The van der Waals surface area contributed by atoms with Crippen molar-refractivity contribution in [2.45, 2.75) is 6.61 Å². The Bertz CT molecular complexity index is 912. The van der Waals surface area contributed by atoms with Crippen molar-refractivity contribution < 1.29 is 14.5 Å². The molecule has 3 rings (SSSR count). The molecule has 0 aliphatic rings. The van der Waals surface area contributed by atoms with Gasteiger partial charge in [0.15, 0.2) is 0 Å². The van der Waals surface area contributed by atoms with Crippen LogP contribution in [0.1, 0.15) is 15.9 Å². The van der Waals surface area contributed by atoms with Crippen molar-refractivity contribution in [3.63, 3.8) is 0 Å². The first kappa shape index (κ1) is 17.2.